The fourth-order valence-electron chi connectivity index (χ4n) is 2.33. The Morgan fingerprint density at radius 2 is 1.92 bits per heavy atom. The lowest BCUT2D eigenvalue weighted by atomic mass is 10.2. The Bertz CT molecular complexity index is 889. The predicted molar refractivity (Wildman–Crippen MR) is 98.7 cm³/mol. The first-order chi connectivity index (χ1) is 12.1. The molecule has 0 aliphatic carbocycles. The SMILES string of the molecule is COc1cccc(C(=O)Nc2cnn(Cc3c(Cl)cccc3Cl)c2)c1. The smallest absolute Gasteiger partial charge is 0.255 e. The molecule has 0 aliphatic heterocycles. The van der Waals surface area contributed by atoms with Crippen molar-refractivity contribution in [1.82, 2.24) is 9.78 Å². The van der Waals surface area contributed by atoms with Crippen LogP contribution in [0.25, 0.3) is 0 Å². The molecule has 7 heteroatoms. The molecule has 0 spiro atoms. The molecule has 0 bridgehead atoms. The summed E-state index contributed by atoms with van der Waals surface area (Å²) in [5.41, 5.74) is 1.86. The summed E-state index contributed by atoms with van der Waals surface area (Å²) in [5, 5.41) is 8.18. The highest BCUT2D eigenvalue weighted by atomic mass is 35.5. The van der Waals surface area contributed by atoms with Crippen LogP contribution in [0.15, 0.2) is 54.9 Å². The quantitative estimate of drug-likeness (QED) is 0.714. The number of rotatable bonds is 5. The molecule has 128 valence electrons. The van der Waals surface area contributed by atoms with Gasteiger partial charge in [-0.2, -0.15) is 5.10 Å². The van der Waals surface area contributed by atoms with E-state index in [0.29, 0.717) is 33.6 Å². The molecule has 3 rings (SSSR count). The molecule has 1 N–H and O–H groups in total. The van der Waals surface area contributed by atoms with Crippen molar-refractivity contribution in [3.8, 4) is 5.75 Å². The summed E-state index contributed by atoms with van der Waals surface area (Å²) in [5.74, 6) is 0.380. The number of nitrogens with zero attached hydrogens (tertiary/aromatic N) is 2. The summed E-state index contributed by atoms with van der Waals surface area (Å²) in [6, 6.07) is 12.3. The number of aromatic nitrogens is 2. The Morgan fingerprint density at radius 3 is 2.64 bits per heavy atom. The number of anilines is 1. The molecular formula is C18H15Cl2N3O2. The molecule has 0 atom stereocenters. The van der Waals surface area contributed by atoms with E-state index in [1.54, 1.807) is 66.6 Å². The number of nitrogens with one attached hydrogen (secondary N) is 1. The van der Waals surface area contributed by atoms with E-state index in [0.717, 1.165) is 5.56 Å². The van der Waals surface area contributed by atoms with Crippen LogP contribution in [-0.4, -0.2) is 22.8 Å². The standard InChI is InChI=1S/C18H15Cl2N3O2/c1-25-14-5-2-4-12(8-14)18(24)22-13-9-21-23(10-13)11-15-16(19)6-3-7-17(15)20/h2-10H,11H2,1H3,(H,22,24). The minimum Gasteiger partial charge on any atom is -0.497 e. The van der Waals surface area contributed by atoms with E-state index in [4.69, 9.17) is 27.9 Å². The molecule has 0 aliphatic rings. The van der Waals surface area contributed by atoms with Gasteiger partial charge in [0.15, 0.2) is 0 Å². The maximum absolute atomic E-state index is 12.3. The van der Waals surface area contributed by atoms with E-state index in [1.165, 1.54) is 0 Å². The summed E-state index contributed by atoms with van der Waals surface area (Å²) in [4.78, 5) is 12.3. The lowest BCUT2D eigenvalue weighted by Gasteiger charge is -2.07. The van der Waals surface area contributed by atoms with Gasteiger partial charge in [0.25, 0.3) is 5.91 Å². The van der Waals surface area contributed by atoms with Crippen molar-refractivity contribution in [3.05, 3.63) is 76.0 Å². The van der Waals surface area contributed by atoms with Gasteiger partial charge >= 0.3 is 0 Å². The van der Waals surface area contributed by atoms with Crippen molar-refractivity contribution < 1.29 is 9.53 Å². The maximum atomic E-state index is 12.3. The van der Waals surface area contributed by atoms with Gasteiger partial charge in [-0.25, -0.2) is 0 Å². The number of amides is 1. The molecule has 1 heterocycles. The first kappa shape index (κ1) is 17.3. The van der Waals surface area contributed by atoms with Crippen LogP contribution in [0.3, 0.4) is 0 Å². The lowest BCUT2D eigenvalue weighted by Crippen LogP contribution is -2.11. The Hall–Kier alpha value is -2.50. The minimum absolute atomic E-state index is 0.241. The Labute approximate surface area is 155 Å². The van der Waals surface area contributed by atoms with Crippen LogP contribution in [-0.2, 0) is 6.54 Å². The van der Waals surface area contributed by atoms with Crippen molar-refractivity contribution in [3.63, 3.8) is 0 Å². The van der Waals surface area contributed by atoms with Gasteiger partial charge in [-0.1, -0.05) is 35.3 Å². The third kappa shape index (κ3) is 4.13. The fourth-order valence-corrected chi connectivity index (χ4v) is 2.84. The zero-order chi connectivity index (χ0) is 17.8. The number of ether oxygens (including phenoxy) is 1. The molecule has 5 nitrogen and oxygen atoms in total. The summed E-state index contributed by atoms with van der Waals surface area (Å²) in [6.45, 7) is 0.410. The van der Waals surface area contributed by atoms with E-state index in [1.807, 2.05) is 0 Å². The van der Waals surface area contributed by atoms with Crippen molar-refractivity contribution in [2.45, 2.75) is 6.54 Å². The van der Waals surface area contributed by atoms with Gasteiger partial charge in [0.2, 0.25) is 0 Å². The predicted octanol–water partition coefficient (Wildman–Crippen LogP) is 4.50. The topological polar surface area (TPSA) is 56.1 Å². The second kappa shape index (κ2) is 7.59. The van der Waals surface area contributed by atoms with Crippen molar-refractivity contribution in [2.24, 2.45) is 0 Å². The van der Waals surface area contributed by atoms with E-state index < -0.39 is 0 Å². The van der Waals surface area contributed by atoms with E-state index in [2.05, 4.69) is 10.4 Å². The average molecular weight is 376 g/mol. The third-order valence-electron chi connectivity index (χ3n) is 3.60. The van der Waals surface area contributed by atoms with Crippen molar-refractivity contribution >= 4 is 34.8 Å². The molecule has 0 saturated carbocycles. The Balaban J connectivity index is 1.72. The first-order valence-electron chi connectivity index (χ1n) is 7.47. The summed E-state index contributed by atoms with van der Waals surface area (Å²) in [7, 11) is 1.56. The van der Waals surface area contributed by atoms with Crippen LogP contribution >= 0.6 is 23.2 Å². The number of benzene rings is 2. The van der Waals surface area contributed by atoms with Gasteiger partial charge in [-0.15, -0.1) is 0 Å². The van der Waals surface area contributed by atoms with E-state index in [9.17, 15) is 4.79 Å². The largest absolute Gasteiger partial charge is 0.497 e. The van der Waals surface area contributed by atoms with Crippen molar-refractivity contribution in [2.75, 3.05) is 12.4 Å². The number of methoxy groups -OCH3 is 1. The van der Waals surface area contributed by atoms with Crippen LogP contribution in [0.4, 0.5) is 5.69 Å². The monoisotopic (exact) mass is 375 g/mol. The van der Waals surface area contributed by atoms with Gasteiger partial charge in [-0.3, -0.25) is 9.48 Å². The highest BCUT2D eigenvalue weighted by molar-refractivity contribution is 6.35. The van der Waals surface area contributed by atoms with Crippen LogP contribution < -0.4 is 10.1 Å². The highest BCUT2D eigenvalue weighted by Gasteiger charge is 2.10. The normalized spacial score (nSPS) is 10.5. The Kier molecular flexibility index (Phi) is 5.26. The van der Waals surface area contributed by atoms with E-state index >= 15 is 0 Å². The fraction of sp³-hybridized carbons (Fsp3) is 0.111. The number of carbonyl (C=O) groups excluding carboxylic acids is 1. The summed E-state index contributed by atoms with van der Waals surface area (Å²) in [6.07, 6.45) is 3.29. The minimum atomic E-state index is -0.241. The van der Waals surface area contributed by atoms with Gasteiger partial charge in [0.05, 0.1) is 25.5 Å². The lowest BCUT2D eigenvalue weighted by molar-refractivity contribution is 0.102. The van der Waals surface area contributed by atoms with Crippen LogP contribution in [0.2, 0.25) is 10.0 Å². The summed E-state index contributed by atoms with van der Waals surface area (Å²) >= 11 is 12.3. The Morgan fingerprint density at radius 1 is 1.20 bits per heavy atom. The van der Waals surface area contributed by atoms with Crippen LogP contribution in [0.1, 0.15) is 15.9 Å². The molecule has 25 heavy (non-hydrogen) atoms. The average Bonchev–Trinajstić information content (AvgIpc) is 3.05. The highest BCUT2D eigenvalue weighted by Crippen LogP contribution is 2.25. The third-order valence-corrected chi connectivity index (χ3v) is 4.31. The number of hydrogen-bond acceptors (Lipinski definition) is 3. The molecule has 1 aromatic heterocycles. The second-order valence-electron chi connectivity index (χ2n) is 5.31. The second-order valence-corrected chi connectivity index (χ2v) is 6.13. The molecule has 0 fully saturated rings. The van der Waals surface area contributed by atoms with Crippen molar-refractivity contribution in [1.29, 1.82) is 0 Å². The van der Waals surface area contributed by atoms with Gasteiger partial charge in [0.1, 0.15) is 5.75 Å². The number of hydrogen-bond donors (Lipinski definition) is 1. The van der Waals surface area contributed by atoms with Crippen LogP contribution in [0.5, 0.6) is 5.75 Å². The maximum Gasteiger partial charge on any atom is 0.255 e. The first-order valence-corrected chi connectivity index (χ1v) is 8.23. The zero-order valence-electron chi connectivity index (χ0n) is 13.4. The number of carbonyl (C=O) groups is 1. The molecule has 0 radical (unpaired) electrons. The molecule has 0 unspecified atom stereocenters. The zero-order valence-corrected chi connectivity index (χ0v) is 14.9. The van der Waals surface area contributed by atoms with Gasteiger partial charge < -0.3 is 10.1 Å². The van der Waals surface area contributed by atoms with E-state index in [-0.39, 0.29) is 5.91 Å². The molecular weight excluding hydrogens is 361 g/mol. The summed E-state index contributed by atoms with van der Waals surface area (Å²) < 4.78 is 6.79. The van der Waals surface area contributed by atoms with Gasteiger partial charge in [-0.05, 0) is 30.3 Å². The molecule has 0 saturated heterocycles. The molecule has 3 aromatic rings. The van der Waals surface area contributed by atoms with Crippen LogP contribution in [0, 0.1) is 0 Å². The number of halogens is 2. The molecule has 1 amide bonds. The van der Waals surface area contributed by atoms with Gasteiger partial charge in [0, 0.05) is 27.4 Å². The molecule has 2 aromatic carbocycles.